The lowest BCUT2D eigenvalue weighted by molar-refractivity contribution is -0.199. The summed E-state index contributed by atoms with van der Waals surface area (Å²) < 4.78 is 57.6. The number of halogens is 4. The molecule has 0 radical (unpaired) electrons. The highest BCUT2D eigenvalue weighted by Crippen LogP contribution is 2.46. The Labute approximate surface area is 499 Å². The summed E-state index contributed by atoms with van der Waals surface area (Å²) in [5.74, 6) is -0.954. The van der Waals surface area contributed by atoms with Crippen LogP contribution in [0.2, 0.25) is 20.6 Å². The molecule has 6 aromatic rings. The van der Waals surface area contributed by atoms with Gasteiger partial charge in [-0.25, -0.2) is 9.36 Å². The highest BCUT2D eigenvalue weighted by atomic mass is 35.5. The Morgan fingerprint density at radius 2 is 1.16 bits per heavy atom. The van der Waals surface area contributed by atoms with Crippen molar-refractivity contribution >= 4 is 107 Å². The van der Waals surface area contributed by atoms with Crippen LogP contribution in [0.5, 0.6) is 0 Å². The number of nitrogens with zero attached hydrogens (tertiary/aromatic N) is 10. The molecule has 3 aliphatic rings. The normalized spacial score (nSPS) is 22.9. The van der Waals surface area contributed by atoms with E-state index in [1.54, 1.807) is 28.8 Å². The zero-order valence-corrected chi connectivity index (χ0v) is 51.6. The lowest BCUT2D eigenvalue weighted by Crippen LogP contribution is -2.45. The van der Waals surface area contributed by atoms with E-state index in [-0.39, 0.29) is 66.4 Å². The van der Waals surface area contributed by atoms with E-state index in [2.05, 4.69) is 40.8 Å². The molecule has 0 aliphatic carbocycles. The van der Waals surface area contributed by atoms with Crippen LogP contribution in [-0.2, 0) is 55.3 Å². The van der Waals surface area contributed by atoms with Gasteiger partial charge in [0, 0.05) is 56.0 Å². The molecule has 1 unspecified atom stereocenters. The average molecular weight is 1270 g/mol. The standard InChI is InChI=1S/C29H39Cl2N6O6P.C23H29Cl2N6O7P/c1-7-40-44(6,39)16-22(38)36(14-17(2)3)15-21-23-24(43-29(4,5)42-23)27(41-21)37-26-19(13-33-37)25(34-28(31)35-26)32-12-18-10-8-9-11-20(18)30;1-12(2)9-30(17(32)11-39(35,36)37)10-16-18(33)19(34)22(38-16)31-21-14(8-27-31)20(28-23(25)29-21)26-7-13-5-3-4-6-15(13)24/h8-11,13,17,21,23-24,27H,7,12,14-16H2,1-6H3,(H,32,34,35);3-6,8,12,16,18-19,22,33-34H,7,9-11H2,1-2H3,(H,26,28,29)(H2,35,36,37)/t21-,23-,24-,27-,44?;16-,18-,19-,22-/m11/s1. The van der Waals surface area contributed by atoms with Crippen LogP contribution in [0.15, 0.2) is 60.9 Å². The average Bonchev–Trinajstić information content (AvgIpc) is 4.41. The first-order valence-electron chi connectivity index (χ1n) is 26.7. The van der Waals surface area contributed by atoms with Crippen molar-refractivity contribution in [2.24, 2.45) is 11.8 Å². The Hall–Kier alpha value is -4.66. The summed E-state index contributed by atoms with van der Waals surface area (Å²) in [6, 6.07) is 14.8. The molecule has 3 saturated heterocycles. The van der Waals surface area contributed by atoms with E-state index >= 15 is 0 Å². The van der Waals surface area contributed by atoms with Crippen LogP contribution in [0.4, 0.5) is 11.6 Å². The van der Waals surface area contributed by atoms with Crippen molar-refractivity contribution in [3.8, 4) is 0 Å². The number of nitrogens with one attached hydrogen (secondary N) is 2. The Morgan fingerprint density at radius 1 is 0.699 bits per heavy atom. The molecule has 9 rings (SSSR count). The lowest BCUT2D eigenvalue weighted by atomic mass is 10.1. The summed E-state index contributed by atoms with van der Waals surface area (Å²) in [5.41, 5.74) is 2.40. The summed E-state index contributed by atoms with van der Waals surface area (Å²) in [7, 11) is -7.70. The van der Waals surface area contributed by atoms with Crippen LogP contribution in [-0.4, -0.2) is 175 Å². The molecule has 452 valence electrons. The van der Waals surface area contributed by atoms with E-state index in [0.717, 1.165) is 11.1 Å². The Balaban J connectivity index is 0.000000219. The van der Waals surface area contributed by atoms with Crippen molar-refractivity contribution in [1.29, 1.82) is 0 Å². The molecule has 4 aromatic heterocycles. The number of benzene rings is 2. The first-order chi connectivity index (χ1) is 39.1. The van der Waals surface area contributed by atoms with Gasteiger partial charge in [-0.1, -0.05) is 87.3 Å². The summed E-state index contributed by atoms with van der Waals surface area (Å²) >= 11 is 25.1. The summed E-state index contributed by atoms with van der Waals surface area (Å²) in [5, 5.41) is 39.2. The van der Waals surface area contributed by atoms with Crippen molar-refractivity contribution in [2.45, 2.75) is 116 Å². The number of carbonyl (C=O) groups is 2. The summed E-state index contributed by atoms with van der Waals surface area (Å²) in [4.78, 5) is 64.7. The van der Waals surface area contributed by atoms with Gasteiger partial charge in [0.15, 0.2) is 29.5 Å². The number of amides is 2. The first kappa shape index (κ1) is 64.3. The smallest absolute Gasteiger partial charge is 0.334 e. The van der Waals surface area contributed by atoms with Crippen molar-refractivity contribution in [1.82, 2.24) is 49.3 Å². The molecule has 7 heterocycles. The van der Waals surface area contributed by atoms with Gasteiger partial charge in [-0.2, -0.15) is 30.1 Å². The monoisotopic (exact) mass is 1270 g/mol. The third-order valence-electron chi connectivity index (χ3n) is 13.4. The fourth-order valence-corrected chi connectivity index (χ4v) is 12.6. The number of aromatic nitrogens is 8. The van der Waals surface area contributed by atoms with Crippen LogP contribution >= 0.6 is 61.4 Å². The second kappa shape index (κ2) is 26.9. The quantitative estimate of drug-likeness (QED) is 0.0281. The Morgan fingerprint density at radius 3 is 1.64 bits per heavy atom. The van der Waals surface area contributed by atoms with Gasteiger partial charge in [0.25, 0.3) is 0 Å². The van der Waals surface area contributed by atoms with E-state index < -0.39 is 81.9 Å². The van der Waals surface area contributed by atoms with Gasteiger partial charge in [0.2, 0.25) is 29.8 Å². The molecule has 9 atom stereocenters. The zero-order valence-electron chi connectivity index (χ0n) is 46.8. The van der Waals surface area contributed by atoms with E-state index in [4.69, 9.17) is 69.9 Å². The number of carbonyl (C=O) groups excluding carboxylic acids is 2. The van der Waals surface area contributed by atoms with E-state index in [0.29, 0.717) is 57.7 Å². The second-order valence-electron chi connectivity index (χ2n) is 21.7. The largest absolute Gasteiger partial charge is 0.387 e. The highest BCUT2D eigenvalue weighted by Gasteiger charge is 2.57. The molecule has 3 aliphatic heterocycles. The predicted octanol–water partition coefficient (Wildman–Crippen LogP) is 7.62. The van der Waals surface area contributed by atoms with Crippen LogP contribution < -0.4 is 10.6 Å². The third-order valence-corrected chi connectivity index (χ3v) is 16.9. The molecular formula is C52H68Cl4N12O13P2. The van der Waals surface area contributed by atoms with Gasteiger partial charge in [-0.05, 0) is 79.1 Å². The fraction of sp³-hybridized carbons (Fsp3) is 0.538. The van der Waals surface area contributed by atoms with Gasteiger partial charge in [-0.3, -0.25) is 18.7 Å². The topological polar surface area (TPSA) is 313 Å². The summed E-state index contributed by atoms with van der Waals surface area (Å²) in [6.45, 7) is 16.3. The number of aliphatic hydroxyl groups excluding tert-OH is 2. The molecule has 2 aromatic carbocycles. The van der Waals surface area contributed by atoms with Crippen LogP contribution in [0.25, 0.3) is 22.1 Å². The molecule has 25 nitrogen and oxygen atoms in total. The maximum Gasteiger partial charge on any atom is 0.334 e. The number of fused-ring (bicyclic) bond motifs is 3. The molecule has 6 N–H and O–H groups in total. The molecule has 2 amide bonds. The van der Waals surface area contributed by atoms with Crippen LogP contribution in [0.3, 0.4) is 0 Å². The maximum absolute atomic E-state index is 13.4. The minimum Gasteiger partial charge on any atom is -0.387 e. The third kappa shape index (κ3) is 16.1. The number of hydrogen-bond donors (Lipinski definition) is 6. The molecule has 31 heteroatoms. The first-order valence-corrected chi connectivity index (χ1v) is 32.3. The van der Waals surface area contributed by atoms with Gasteiger partial charge >= 0.3 is 7.60 Å². The molecule has 0 bridgehead atoms. The van der Waals surface area contributed by atoms with E-state index in [1.807, 2.05) is 84.0 Å². The van der Waals surface area contributed by atoms with Gasteiger partial charge in [0.1, 0.15) is 60.6 Å². The van der Waals surface area contributed by atoms with Crippen molar-refractivity contribution in [3.05, 3.63) is 92.7 Å². The summed E-state index contributed by atoms with van der Waals surface area (Å²) in [6.07, 6.45) is -5.56. The number of aliphatic hydroxyl groups is 2. The van der Waals surface area contributed by atoms with Gasteiger partial charge in [0.05, 0.1) is 29.8 Å². The molecular weight excluding hydrogens is 1200 g/mol. The van der Waals surface area contributed by atoms with E-state index in [9.17, 15) is 38.7 Å². The lowest BCUT2D eigenvalue weighted by Gasteiger charge is -2.30. The molecule has 3 fully saturated rings. The number of ether oxygens (including phenoxy) is 4. The fourth-order valence-electron chi connectivity index (χ4n) is 9.98. The maximum atomic E-state index is 13.4. The van der Waals surface area contributed by atoms with Gasteiger partial charge in [-0.15, -0.1) is 0 Å². The van der Waals surface area contributed by atoms with Crippen molar-refractivity contribution in [2.75, 3.05) is 62.4 Å². The Kier molecular flexibility index (Phi) is 20.9. The van der Waals surface area contributed by atoms with Crippen molar-refractivity contribution in [3.63, 3.8) is 0 Å². The molecule has 0 saturated carbocycles. The minimum atomic E-state index is -4.61. The number of hydrogen-bond acceptors (Lipinski definition) is 19. The van der Waals surface area contributed by atoms with Crippen LogP contribution in [0.1, 0.15) is 72.0 Å². The molecule has 0 spiro atoms. The number of anilines is 2. The minimum absolute atomic E-state index is 0.0305. The SMILES string of the molecule is CC(C)CN(C[C@H]1O[C@@H](n2ncc3c(NCc4ccccc4Cl)nc(Cl)nc32)[C@H](O)[C@@H]1O)C(=O)CP(=O)(O)O.CCOP(C)(=O)CC(=O)N(CC(C)C)C[C@H]1O[C@@H](n2ncc3c(NCc4ccccc4Cl)nc(Cl)nc32)[C@@H]2OC(C)(C)O[C@@H]21. The highest BCUT2D eigenvalue weighted by molar-refractivity contribution is 7.59. The Bertz CT molecular complexity index is 3370. The molecule has 83 heavy (non-hydrogen) atoms. The zero-order chi connectivity index (χ0) is 60.3. The van der Waals surface area contributed by atoms with Gasteiger partial charge < -0.3 is 63.9 Å². The second-order valence-corrected chi connectivity index (χ2v) is 27.4. The predicted molar refractivity (Wildman–Crippen MR) is 312 cm³/mol. The van der Waals surface area contributed by atoms with Crippen LogP contribution in [0, 0.1) is 11.8 Å². The van der Waals surface area contributed by atoms with E-state index in [1.165, 1.54) is 22.4 Å². The van der Waals surface area contributed by atoms with Crippen molar-refractivity contribution < 1.29 is 62.2 Å². The number of rotatable bonds is 22.